The molecule has 0 aliphatic rings. The van der Waals surface area contributed by atoms with Gasteiger partial charge in [-0.1, -0.05) is 26.0 Å². The minimum Gasteiger partial charge on any atom is -0.325 e. The molecule has 0 fully saturated rings. The Morgan fingerprint density at radius 2 is 1.92 bits per heavy atom. The summed E-state index contributed by atoms with van der Waals surface area (Å²) >= 11 is 0. The Morgan fingerprint density at radius 3 is 2.54 bits per heavy atom. The van der Waals surface area contributed by atoms with Gasteiger partial charge in [0.25, 0.3) is 5.56 Å². The first-order chi connectivity index (χ1) is 11.2. The molecule has 1 heterocycles. The molecule has 1 amide bonds. The number of halogens is 3. The van der Waals surface area contributed by atoms with Gasteiger partial charge in [-0.25, -0.2) is 0 Å². The summed E-state index contributed by atoms with van der Waals surface area (Å²) in [7, 11) is 0. The molecule has 0 unspecified atom stereocenters. The highest BCUT2D eigenvalue weighted by Gasteiger charge is 2.34. The molecule has 4 nitrogen and oxygen atoms in total. The molecule has 7 heteroatoms. The fourth-order valence-electron chi connectivity index (χ4n) is 2.21. The summed E-state index contributed by atoms with van der Waals surface area (Å²) in [5.41, 5.74) is -0.981. The zero-order valence-electron chi connectivity index (χ0n) is 13.2. The monoisotopic (exact) mass is 338 g/mol. The van der Waals surface area contributed by atoms with Gasteiger partial charge in [-0.3, -0.25) is 9.59 Å². The normalized spacial score (nSPS) is 11.6. The van der Waals surface area contributed by atoms with Gasteiger partial charge in [0.15, 0.2) is 0 Å². The van der Waals surface area contributed by atoms with Crippen LogP contribution in [0.2, 0.25) is 0 Å². The number of anilines is 1. The molecular formula is C17H17F3N2O2. The number of alkyl halides is 3. The van der Waals surface area contributed by atoms with E-state index in [2.05, 4.69) is 5.32 Å². The lowest BCUT2D eigenvalue weighted by molar-refractivity contribution is -0.139. The molecule has 128 valence electrons. The van der Waals surface area contributed by atoms with Gasteiger partial charge < -0.3 is 9.88 Å². The van der Waals surface area contributed by atoms with Crippen molar-refractivity contribution in [2.75, 3.05) is 5.32 Å². The number of pyridine rings is 1. The number of aromatic nitrogens is 1. The SMILES string of the molecule is CC(C)c1cccc(NC(=O)Cn2cccc(C(F)(F)F)c2=O)c1. The topological polar surface area (TPSA) is 51.1 Å². The van der Waals surface area contributed by atoms with Gasteiger partial charge in [0.1, 0.15) is 12.1 Å². The lowest BCUT2D eigenvalue weighted by Crippen LogP contribution is -2.31. The molecule has 24 heavy (non-hydrogen) atoms. The average molecular weight is 338 g/mol. The molecule has 2 rings (SSSR count). The summed E-state index contributed by atoms with van der Waals surface area (Å²) in [4.78, 5) is 23.8. The van der Waals surface area contributed by atoms with Crippen LogP contribution in [0.5, 0.6) is 0 Å². The van der Waals surface area contributed by atoms with E-state index >= 15 is 0 Å². The first-order valence-corrected chi connectivity index (χ1v) is 7.35. The van der Waals surface area contributed by atoms with E-state index < -0.39 is 29.8 Å². The lowest BCUT2D eigenvalue weighted by Gasteiger charge is -2.12. The zero-order chi connectivity index (χ0) is 17.9. The number of nitrogens with zero attached hydrogens (tertiary/aromatic N) is 1. The third-order valence-electron chi connectivity index (χ3n) is 3.48. The van der Waals surface area contributed by atoms with E-state index in [9.17, 15) is 22.8 Å². The smallest absolute Gasteiger partial charge is 0.325 e. The lowest BCUT2D eigenvalue weighted by atomic mass is 10.0. The van der Waals surface area contributed by atoms with E-state index in [1.165, 1.54) is 0 Å². The van der Waals surface area contributed by atoms with Crippen LogP contribution in [0.25, 0.3) is 0 Å². The number of carbonyl (C=O) groups excluding carboxylic acids is 1. The molecule has 0 atom stereocenters. The van der Waals surface area contributed by atoms with Crippen LogP contribution in [-0.4, -0.2) is 10.5 Å². The number of benzene rings is 1. The predicted molar refractivity (Wildman–Crippen MR) is 84.9 cm³/mol. The molecule has 0 saturated carbocycles. The summed E-state index contributed by atoms with van der Waals surface area (Å²) in [6.07, 6.45) is -3.59. The second-order valence-electron chi connectivity index (χ2n) is 5.68. The number of hydrogen-bond donors (Lipinski definition) is 1. The summed E-state index contributed by atoms with van der Waals surface area (Å²) in [6.45, 7) is 3.51. The van der Waals surface area contributed by atoms with E-state index in [0.29, 0.717) is 11.8 Å². The standard InChI is InChI=1S/C17H17F3N2O2/c1-11(2)12-5-3-6-13(9-12)21-15(23)10-22-8-4-7-14(16(22)24)17(18,19)20/h3-9,11H,10H2,1-2H3,(H,21,23). The van der Waals surface area contributed by atoms with Crippen LogP contribution in [0.3, 0.4) is 0 Å². The van der Waals surface area contributed by atoms with E-state index in [0.717, 1.165) is 22.4 Å². The maximum atomic E-state index is 12.7. The van der Waals surface area contributed by atoms with E-state index in [1.807, 2.05) is 19.9 Å². The minimum absolute atomic E-state index is 0.271. The zero-order valence-corrected chi connectivity index (χ0v) is 13.2. The Morgan fingerprint density at radius 1 is 1.21 bits per heavy atom. The summed E-state index contributed by atoms with van der Waals surface area (Å²) in [6, 6.07) is 8.95. The van der Waals surface area contributed by atoms with Crippen LogP contribution in [0.15, 0.2) is 47.4 Å². The Bertz CT molecular complexity index is 795. The van der Waals surface area contributed by atoms with Crippen molar-refractivity contribution in [2.45, 2.75) is 32.5 Å². The van der Waals surface area contributed by atoms with Crippen molar-refractivity contribution in [3.8, 4) is 0 Å². The highest BCUT2D eigenvalue weighted by atomic mass is 19.4. The van der Waals surface area contributed by atoms with Crippen LogP contribution in [0.1, 0.15) is 30.9 Å². The molecule has 1 aromatic carbocycles. The van der Waals surface area contributed by atoms with Crippen molar-refractivity contribution in [1.82, 2.24) is 4.57 Å². The summed E-state index contributed by atoms with van der Waals surface area (Å²) < 4.78 is 38.9. The molecule has 1 aromatic heterocycles. The number of amides is 1. The Labute approximate surface area is 136 Å². The highest BCUT2D eigenvalue weighted by Crippen LogP contribution is 2.26. The molecule has 1 N–H and O–H groups in total. The maximum absolute atomic E-state index is 12.7. The number of rotatable bonds is 4. The van der Waals surface area contributed by atoms with Crippen molar-refractivity contribution in [3.63, 3.8) is 0 Å². The fraction of sp³-hybridized carbons (Fsp3) is 0.294. The van der Waals surface area contributed by atoms with Crippen molar-refractivity contribution in [2.24, 2.45) is 0 Å². The minimum atomic E-state index is -4.75. The van der Waals surface area contributed by atoms with Crippen LogP contribution in [0, 0.1) is 0 Å². The number of carbonyl (C=O) groups is 1. The van der Waals surface area contributed by atoms with E-state index in [1.54, 1.807) is 18.2 Å². The third-order valence-corrected chi connectivity index (χ3v) is 3.48. The van der Waals surface area contributed by atoms with Gasteiger partial charge in [-0.05, 0) is 35.7 Å². The first kappa shape index (κ1) is 17.8. The van der Waals surface area contributed by atoms with Crippen LogP contribution in [-0.2, 0) is 17.5 Å². The summed E-state index contributed by atoms with van der Waals surface area (Å²) in [5, 5.41) is 2.59. The molecule has 0 radical (unpaired) electrons. The first-order valence-electron chi connectivity index (χ1n) is 7.35. The molecule has 2 aromatic rings. The van der Waals surface area contributed by atoms with Gasteiger partial charge in [-0.15, -0.1) is 0 Å². The second kappa shape index (κ2) is 6.90. The maximum Gasteiger partial charge on any atom is 0.421 e. The van der Waals surface area contributed by atoms with Gasteiger partial charge in [0, 0.05) is 11.9 Å². The molecule has 0 saturated heterocycles. The van der Waals surface area contributed by atoms with Crippen LogP contribution >= 0.6 is 0 Å². The highest BCUT2D eigenvalue weighted by molar-refractivity contribution is 5.90. The second-order valence-corrected chi connectivity index (χ2v) is 5.68. The number of nitrogens with one attached hydrogen (secondary N) is 1. The van der Waals surface area contributed by atoms with Crippen LogP contribution in [0.4, 0.5) is 18.9 Å². The quantitative estimate of drug-likeness (QED) is 0.925. The molecule has 0 aliphatic heterocycles. The fourth-order valence-corrected chi connectivity index (χ4v) is 2.21. The molecule has 0 spiro atoms. The molecular weight excluding hydrogens is 321 g/mol. The Hall–Kier alpha value is -2.57. The van der Waals surface area contributed by atoms with Gasteiger partial charge in [-0.2, -0.15) is 13.2 Å². The molecule has 0 bridgehead atoms. The van der Waals surface area contributed by atoms with Crippen molar-refractivity contribution >= 4 is 11.6 Å². The predicted octanol–water partition coefficient (Wildman–Crippen LogP) is 3.63. The average Bonchev–Trinajstić information content (AvgIpc) is 2.48. The molecule has 0 aliphatic carbocycles. The van der Waals surface area contributed by atoms with Gasteiger partial charge in [0.2, 0.25) is 5.91 Å². The van der Waals surface area contributed by atoms with Crippen molar-refractivity contribution in [1.29, 1.82) is 0 Å². The summed E-state index contributed by atoms with van der Waals surface area (Å²) in [5.74, 6) is -0.301. The van der Waals surface area contributed by atoms with E-state index in [4.69, 9.17) is 0 Å². The largest absolute Gasteiger partial charge is 0.421 e. The van der Waals surface area contributed by atoms with Gasteiger partial charge >= 0.3 is 6.18 Å². The van der Waals surface area contributed by atoms with Crippen LogP contribution < -0.4 is 10.9 Å². The van der Waals surface area contributed by atoms with Crippen molar-refractivity contribution < 1.29 is 18.0 Å². The Balaban J connectivity index is 2.16. The van der Waals surface area contributed by atoms with Gasteiger partial charge in [0.05, 0.1) is 0 Å². The van der Waals surface area contributed by atoms with Crippen molar-refractivity contribution in [3.05, 3.63) is 64.1 Å². The number of hydrogen-bond acceptors (Lipinski definition) is 2. The van der Waals surface area contributed by atoms with E-state index in [-0.39, 0.29) is 5.92 Å². The Kier molecular flexibility index (Phi) is 5.11. The third kappa shape index (κ3) is 4.24.